The molecule has 0 radical (unpaired) electrons. The van der Waals surface area contributed by atoms with Gasteiger partial charge < -0.3 is 9.47 Å². The molecule has 0 bridgehead atoms. The summed E-state index contributed by atoms with van der Waals surface area (Å²) >= 11 is 0. The Labute approximate surface area is 234 Å². The summed E-state index contributed by atoms with van der Waals surface area (Å²) in [6.07, 6.45) is 0. The van der Waals surface area contributed by atoms with Crippen LogP contribution < -0.4 is 9.47 Å². The van der Waals surface area contributed by atoms with Crippen LogP contribution in [0.2, 0.25) is 0 Å². The average Bonchev–Trinajstić information content (AvgIpc) is 2.98. The van der Waals surface area contributed by atoms with Gasteiger partial charge in [0.1, 0.15) is 17.2 Å². The van der Waals surface area contributed by atoms with Crippen molar-refractivity contribution in [2.45, 2.75) is 26.5 Å². The SMILES string of the molecule is COc1ccc(Oc2ccc(S(=O)(=O)c3ccc(-c4ccc(S(=O)(=O)c5ccc(C)cc5)cc4)cc3)cc2)cc1. The second-order valence-corrected chi connectivity index (χ2v) is 13.0. The van der Waals surface area contributed by atoms with E-state index >= 15 is 0 Å². The highest BCUT2D eigenvalue weighted by molar-refractivity contribution is 7.91. The highest BCUT2D eigenvalue weighted by Gasteiger charge is 2.19. The van der Waals surface area contributed by atoms with Crippen LogP contribution in [0.3, 0.4) is 0 Å². The zero-order valence-electron chi connectivity index (χ0n) is 21.8. The summed E-state index contributed by atoms with van der Waals surface area (Å²) < 4.78 is 63.2. The van der Waals surface area contributed by atoms with Crippen LogP contribution in [-0.2, 0) is 19.7 Å². The summed E-state index contributed by atoms with van der Waals surface area (Å²) in [5.41, 5.74) is 2.52. The second-order valence-electron chi connectivity index (χ2n) is 9.12. The molecule has 0 aliphatic rings. The first-order valence-corrected chi connectivity index (χ1v) is 15.3. The summed E-state index contributed by atoms with van der Waals surface area (Å²) in [4.78, 5) is 0.728. The van der Waals surface area contributed by atoms with Gasteiger partial charge in [0, 0.05) is 0 Å². The van der Waals surface area contributed by atoms with E-state index in [1.54, 1.807) is 116 Å². The van der Waals surface area contributed by atoms with E-state index < -0.39 is 19.7 Å². The van der Waals surface area contributed by atoms with E-state index in [9.17, 15) is 16.8 Å². The van der Waals surface area contributed by atoms with Crippen molar-refractivity contribution in [3.63, 3.8) is 0 Å². The minimum Gasteiger partial charge on any atom is -0.497 e. The molecule has 40 heavy (non-hydrogen) atoms. The number of ether oxygens (including phenoxy) is 2. The maximum absolute atomic E-state index is 13.2. The van der Waals surface area contributed by atoms with E-state index in [1.807, 2.05) is 6.92 Å². The summed E-state index contributed by atoms with van der Waals surface area (Å²) in [6, 6.07) is 33.1. The van der Waals surface area contributed by atoms with Gasteiger partial charge in [-0.15, -0.1) is 0 Å². The zero-order valence-corrected chi connectivity index (χ0v) is 23.4. The molecule has 5 rings (SSSR count). The fourth-order valence-electron chi connectivity index (χ4n) is 4.11. The Bertz CT molecular complexity index is 1830. The molecule has 0 spiro atoms. The lowest BCUT2D eigenvalue weighted by Crippen LogP contribution is -2.02. The lowest BCUT2D eigenvalue weighted by atomic mass is 10.1. The third-order valence-electron chi connectivity index (χ3n) is 6.42. The first kappa shape index (κ1) is 27.2. The van der Waals surface area contributed by atoms with Gasteiger partial charge in [-0.25, -0.2) is 16.8 Å². The van der Waals surface area contributed by atoms with E-state index in [1.165, 1.54) is 12.1 Å². The van der Waals surface area contributed by atoms with E-state index in [4.69, 9.17) is 9.47 Å². The summed E-state index contributed by atoms with van der Waals surface area (Å²) in [5, 5.41) is 0. The van der Waals surface area contributed by atoms with Crippen LogP contribution in [0.1, 0.15) is 5.56 Å². The molecule has 5 aromatic carbocycles. The van der Waals surface area contributed by atoms with Crippen molar-refractivity contribution in [1.29, 1.82) is 0 Å². The molecular formula is C32H26O6S2. The number of benzene rings is 5. The van der Waals surface area contributed by atoms with E-state index in [0.717, 1.165) is 16.7 Å². The molecule has 5 aromatic rings. The largest absolute Gasteiger partial charge is 0.497 e. The van der Waals surface area contributed by atoms with Crippen molar-refractivity contribution < 1.29 is 26.3 Å². The monoisotopic (exact) mass is 570 g/mol. The minimum absolute atomic E-state index is 0.146. The molecule has 0 saturated carbocycles. The van der Waals surface area contributed by atoms with Gasteiger partial charge in [0.15, 0.2) is 0 Å². The Kier molecular flexibility index (Phi) is 7.47. The van der Waals surface area contributed by atoms with Crippen LogP contribution in [0.5, 0.6) is 17.2 Å². The number of methoxy groups -OCH3 is 1. The maximum Gasteiger partial charge on any atom is 0.206 e. The number of hydrogen-bond donors (Lipinski definition) is 0. The van der Waals surface area contributed by atoms with E-state index in [2.05, 4.69) is 0 Å². The topological polar surface area (TPSA) is 86.7 Å². The quantitative estimate of drug-likeness (QED) is 0.197. The van der Waals surface area contributed by atoms with Crippen molar-refractivity contribution >= 4 is 19.7 Å². The molecule has 0 atom stereocenters. The number of sulfone groups is 2. The Hall–Kier alpha value is -4.40. The van der Waals surface area contributed by atoms with Crippen LogP contribution in [0.4, 0.5) is 0 Å². The average molecular weight is 571 g/mol. The third kappa shape index (κ3) is 5.64. The Balaban J connectivity index is 1.31. The molecular weight excluding hydrogens is 544 g/mol. The van der Waals surface area contributed by atoms with Crippen molar-refractivity contribution in [2.75, 3.05) is 7.11 Å². The van der Waals surface area contributed by atoms with Gasteiger partial charge in [0.25, 0.3) is 0 Å². The first-order chi connectivity index (χ1) is 19.2. The van der Waals surface area contributed by atoms with Crippen LogP contribution in [0.25, 0.3) is 11.1 Å². The fraction of sp³-hybridized carbons (Fsp3) is 0.0625. The van der Waals surface area contributed by atoms with Crippen molar-refractivity contribution in [1.82, 2.24) is 0 Å². The van der Waals surface area contributed by atoms with Gasteiger partial charge in [-0.05, 0) is 103 Å². The Morgan fingerprint density at radius 2 is 0.725 bits per heavy atom. The van der Waals surface area contributed by atoms with Gasteiger partial charge in [0.05, 0.1) is 26.7 Å². The lowest BCUT2D eigenvalue weighted by molar-refractivity contribution is 0.413. The van der Waals surface area contributed by atoms with Crippen molar-refractivity contribution in [3.05, 3.63) is 127 Å². The predicted molar refractivity (Wildman–Crippen MR) is 153 cm³/mol. The standard InChI is InChI=1S/C32H26O6S2/c1-23-3-15-29(16-4-23)39(33,34)30-17-5-24(6-18-30)25-7-19-31(20-8-25)40(35,36)32-21-13-28(14-22-32)38-27-11-9-26(37-2)10-12-27/h3-22H,1-2H3. The van der Waals surface area contributed by atoms with Crippen LogP contribution in [0, 0.1) is 6.92 Å². The molecule has 0 unspecified atom stereocenters. The predicted octanol–water partition coefficient (Wildman–Crippen LogP) is 7.13. The highest BCUT2D eigenvalue weighted by Crippen LogP contribution is 2.30. The molecule has 0 aliphatic carbocycles. The molecule has 0 heterocycles. The smallest absolute Gasteiger partial charge is 0.206 e. The van der Waals surface area contributed by atoms with Crippen molar-refractivity contribution in [2.24, 2.45) is 0 Å². The molecule has 6 nitrogen and oxygen atoms in total. The molecule has 0 N–H and O–H groups in total. The number of aryl methyl sites for hydroxylation is 1. The van der Waals surface area contributed by atoms with Crippen LogP contribution in [-0.4, -0.2) is 23.9 Å². The van der Waals surface area contributed by atoms with Gasteiger partial charge in [-0.1, -0.05) is 42.0 Å². The Morgan fingerprint density at radius 3 is 1.10 bits per heavy atom. The molecule has 0 saturated heterocycles. The number of hydrogen-bond acceptors (Lipinski definition) is 6. The molecule has 0 aliphatic heterocycles. The van der Waals surface area contributed by atoms with Crippen LogP contribution in [0.15, 0.2) is 141 Å². The molecule has 8 heteroatoms. The third-order valence-corrected chi connectivity index (χ3v) is 9.99. The summed E-state index contributed by atoms with van der Waals surface area (Å²) in [5.74, 6) is 1.82. The Morgan fingerprint density at radius 1 is 0.425 bits per heavy atom. The van der Waals surface area contributed by atoms with E-state index in [0.29, 0.717) is 17.2 Å². The molecule has 0 fully saturated rings. The molecule has 0 amide bonds. The lowest BCUT2D eigenvalue weighted by Gasteiger charge is -2.10. The minimum atomic E-state index is -3.75. The maximum atomic E-state index is 13.2. The molecule has 0 aromatic heterocycles. The van der Waals surface area contributed by atoms with Gasteiger partial charge in [0.2, 0.25) is 19.7 Å². The normalized spacial score (nSPS) is 11.7. The zero-order chi connectivity index (χ0) is 28.3. The van der Waals surface area contributed by atoms with Crippen molar-refractivity contribution in [3.8, 4) is 28.4 Å². The highest BCUT2D eigenvalue weighted by atomic mass is 32.2. The first-order valence-electron chi connectivity index (χ1n) is 12.4. The van der Waals surface area contributed by atoms with Gasteiger partial charge in [-0.2, -0.15) is 0 Å². The van der Waals surface area contributed by atoms with Crippen LogP contribution >= 0.6 is 0 Å². The fourth-order valence-corrected chi connectivity index (χ4v) is 6.63. The van der Waals surface area contributed by atoms with Gasteiger partial charge >= 0.3 is 0 Å². The number of rotatable bonds is 8. The second kappa shape index (κ2) is 11.0. The van der Waals surface area contributed by atoms with Gasteiger partial charge in [-0.3, -0.25) is 0 Å². The molecule has 202 valence electrons. The summed E-state index contributed by atoms with van der Waals surface area (Å²) in [6.45, 7) is 1.90. The summed E-state index contributed by atoms with van der Waals surface area (Å²) in [7, 11) is -5.79. The van der Waals surface area contributed by atoms with E-state index in [-0.39, 0.29) is 19.6 Å².